The molecule has 0 bridgehead atoms. The number of esters is 2. The van der Waals surface area contributed by atoms with Crippen molar-refractivity contribution < 1.29 is 63.8 Å². The van der Waals surface area contributed by atoms with Gasteiger partial charge < -0.3 is 35.0 Å². The van der Waals surface area contributed by atoms with Crippen molar-refractivity contribution in [3.8, 4) is 0 Å². The molecule has 2 atom stereocenters. The smallest absolute Gasteiger partial charge is 0.328 e. The first-order chi connectivity index (χ1) is 18.4. The number of rotatable bonds is 12. The van der Waals surface area contributed by atoms with Crippen LogP contribution in [0.15, 0.2) is 24.3 Å². The molecule has 15 nitrogen and oxygen atoms in total. The van der Waals surface area contributed by atoms with Gasteiger partial charge in [-0.1, -0.05) is 13.8 Å². The molecule has 0 aromatic heterocycles. The first-order valence-corrected chi connectivity index (χ1v) is 11.8. The van der Waals surface area contributed by atoms with Crippen molar-refractivity contribution in [1.82, 2.24) is 9.80 Å². The second-order valence-corrected chi connectivity index (χ2v) is 7.63. The molecule has 0 saturated heterocycles. The van der Waals surface area contributed by atoms with Crippen molar-refractivity contribution in [2.75, 3.05) is 48.5 Å². The summed E-state index contributed by atoms with van der Waals surface area (Å²) >= 11 is 0. The number of likely N-dealkylation sites (N-methyl/N-ethyl adjacent to an activating group) is 2. The Morgan fingerprint density at radius 3 is 0.900 bits per heavy atom. The number of aliphatic hydroxyl groups excluding tert-OH is 1. The fraction of sp³-hybridized carbons (Fsp3) is 0.600. The quantitative estimate of drug-likeness (QED) is 0.158. The minimum absolute atomic E-state index is 0.137. The van der Waals surface area contributed by atoms with Gasteiger partial charge in [-0.05, 0) is 54.9 Å². The molecule has 234 valence electrons. The van der Waals surface area contributed by atoms with Crippen LogP contribution in [0.3, 0.4) is 0 Å². The van der Waals surface area contributed by atoms with Crippen LogP contribution in [-0.4, -0.2) is 132 Å². The molecule has 0 saturated carbocycles. The second kappa shape index (κ2) is 31.4. The minimum atomic E-state index is -1.26. The fourth-order valence-electron chi connectivity index (χ4n) is 1.35. The van der Waals surface area contributed by atoms with Crippen LogP contribution in [0.2, 0.25) is 0 Å². The first-order valence-electron chi connectivity index (χ1n) is 11.8. The maximum atomic E-state index is 11.1. The maximum absolute atomic E-state index is 11.1. The molecular formula is C25H46N2O13. The molecule has 0 aromatic carbocycles. The van der Waals surface area contributed by atoms with Gasteiger partial charge in [0, 0.05) is 31.4 Å². The topological polar surface area (TPSA) is 229 Å². The average Bonchev–Trinajstić information content (AvgIpc) is 2.89. The molecular weight excluding hydrogens is 536 g/mol. The first kappa shape index (κ1) is 46.1. The summed E-state index contributed by atoms with van der Waals surface area (Å²) in [4.78, 5) is 64.0. The predicted molar refractivity (Wildman–Crippen MR) is 146 cm³/mol. The van der Waals surface area contributed by atoms with Crippen LogP contribution in [0.5, 0.6) is 0 Å². The van der Waals surface area contributed by atoms with Gasteiger partial charge in [-0.25, -0.2) is 19.2 Å². The highest BCUT2D eigenvalue weighted by molar-refractivity contribution is 5.90. The Labute approximate surface area is 235 Å². The van der Waals surface area contributed by atoms with E-state index >= 15 is 0 Å². The SMILES string of the molecule is CCCOC(=O)C(C)N(C)C.CCCOC(=O)C(C)N(C)C.CO.O=C(O)/C=C\C(=O)O.O=C(O)/C=C\C(=O)O. The van der Waals surface area contributed by atoms with Crippen molar-refractivity contribution >= 4 is 35.8 Å². The Morgan fingerprint density at radius 1 is 0.575 bits per heavy atom. The van der Waals surface area contributed by atoms with Gasteiger partial charge in [0.05, 0.1) is 13.2 Å². The summed E-state index contributed by atoms with van der Waals surface area (Å²) in [6.07, 6.45) is 3.99. The van der Waals surface area contributed by atoms with E-state index in [1.54, 1.807) is 0 Å². The number of aliphatic hydroxyl groups is 1. The summed E-state index contributed by atoms with van der Waals surface area (Å²) < 4.78 is 9.87. The third-order valence-corrected chi connectivity index (χ3v) is 3.87. The highest BCUT2D eigenvalue weighted by Crippen LogP contribution is 1.96. The monoisotopic (exact) mass is 582 g/mol. The van der Waals surface area contributed by atoms with Gasteiger partial charge in [0.1, 0.15) is 12.1 Å². The lowest BCUT2D eigenvalue weighted by molar-refractivity contribution is -0.149. The van der Waals surface area contributed by atoms with Gasteiger partial charge in [-0.3, -0.25) is 19.4 Å². The van der Waals surface area contributed by atoms with E-state index < -0.39 is 23.9 Å². The molecule has 0 aliphatic heterocycles. The fourth-order valence-corrected chi connectivity index (χ4v) is 1.35. The molecule has 5 N–H and O–H groups in total. The Hall–Kier alpha value is -3.82. The third-order valence-electron chi connectivity index (χ3n) is 3.87. The van der Waals surface area contributed by atoms with Crippen LogP contribution in [0, 0.1) is 0 Å². The number of carboxylic acid groups (broad SMARTS) is 4. The van der Waals surface area contributed by atoms with E-state index in [1.165, 1.54) is 0 Å². The number of carboxylic acids is 4. The van der Waals surface area contributed by atoms with E-state index in [0.29, 0.717) is 37.5 Å². The van der Waals surface area contributed by atoms with Gasteiger partial charge in [0.2, 0.25) is 0 Å². The molecule has 0 aliphatic carbocycles. The number of carbonyl (C=O) groups excluding carboxylic acids is 2. The van der Waals surface area contributed by atoms with Crippen molar-refractivity contribution in [1.29, 1.82) is 0 Å². The molecule has 0 amide bonds. The molecule has 40 heavy (non-hydrogen) atoms. The summed E-state index contributed by atoms with van der Waals surface area (Å²) in [5.41, 5.74) is 0. The molecule has 0 aliphatic rings. The summed E-state index contributed by atoms with van der Waals surface area (Å²) in [6, 6.07) is -0.275. The summed E-state index contributed by atoms with van der Waals surface area (Å²) in [6.45, 7) is 8.67. The number of ether oxygens (including phenoxy) is 2. The lowest BCUT2D eigenvalue weighted by Crippen LogP contribution is -2.34. The summed E-state index contributed by atoms with van der Waals surface area (Å²) in [7, 11) is 8.44. The number of aliphatic carboxylic acids is 4. The summed E-state index contributed by atoms with van der Waals surface area (Å²) in [5, 5.41) is 38.2. The lowest BCUT2D eigenvalue weighted by Gasteiger charge is -2.17. The van der Waals surface area contributed by atoms with E-state index in [0.717, 1.165) is 20.0 Å². The highest BCUT2D eigenvalue weighted by atomic mass is 16.5. The molecule has 0 fully saturated rings. The van der Waals surface area contributed by atoms with E-state index in [2.05, 4.69) is 0 Å². The van der Waals surface area contributed by atoms with E-state index in [-0.39, 0.29) is 24.0 Å². The Kier molecular flexibility index (Phi) is 36.2. The van der Waals surface area contributed by atoms with E-state index in [1.807, 2.05) is 65.7 Å². The lowest BCUT2D eigenvalue weighted by atomic mass is 10.3. The third kappa shape index (κ3) is 41.3. The molecule has 15 heteroatoms. The molecule has 0 rings (SSSR count). The second-order valence-electron chi connectivity index (χ2n) is 7.63. The van der Waals surface area contributed by atoms with Crippen molar-refractivity contribution in [3.63, 3.8) is 0 Å². The number of nitrogens with zero attached hydrogens (tertiary/aromatic N) is 2. The Bertz CT molecular complexity index is 683. The van der Waals surface area contributed by atoms with Crippen LogP contribution < -0.4 is 0 Å². The van der Waals surface area contributed by atoms with Crippen LogP contribution in [0.25, 0.3) is 0 Å². The van der Waals surface area contributed by atoms with Gasteiger partial charge >= 0.3 is 35.8 Å². The van der Waals surface area contributed by atoms with Gasteiger partial charge in [0.25, 0.3) is 0 Å². The van der Waals surface area contributed by atoms with Gasteiger partial charge in [0.15, 0.2) is 0 Å². The summed E-state index contributed by atoms with van der Waals surface area (Å²) in [5.74, 6) is -5.31. The van der Waals surface area contributed by atoms with Crippen molar-refractivity contribution in [2.45, 2.75) is 52.6 Å². The molecule has 0 spiro atoms. The zero-order chi connectivity index (χ0) is 32.8. The Balaban J connectivity index is -0.000000135. The van der Waals surface area contributed by atoms with E-state index in [4.69, 9.17) is 35.0 Å². The van der Waals surface area contributed by atoms with E-state index in [9.17, 15) is 28.8 Å². The number of hydrogen-bond donors (Lipinski definition) is 5. The maximum Gasteiger partial charge on any atom is 0.328 e. The van der Waals surface area contributed by atoms with Crippen LogP contribution >= 0.6 is 0 Å². The van der Waals surface area contributed by atoms with Gasteiger partial charge in [-0.15, -0.1) is 0 Å². The molecule has 0 radical (unpaired) electrons. The van der Waals surface area contributed by atoms with Crippen molar-refractivity contribution in [3.05, 3.63) is 24.3 Å². The van der Waals surface area contributed by atoms with Crippen LogP contribution in [0.1, 0.15) is 40.5 Å². The highest BCUT2D eigenvalue weighted by Gasteiger charge is 2.16. The largest absolute Gasteiger partial charge is 0.478 e. The van der Waals surface area contributed by atoms with Gasteiger partial charge in [-0.2, -0.15) is 0 Å². The van der Waals surface area contributed by atoms with Crippen LogP contribution in [0.4, 0.5) is 0 Å². The molecule has 0 heterocycles. The number of carbonyl (C=O) groups is 6. The zero-order valence-corrected chi connectivity index (χ0v) is 24.7. The minimum Gasteiger partial charge on any atom is -0.478 e. The molecule has 2 unspecified atom stereocenters. The predicted octanol–water partition coefficient (Wildman–Crippen LogP) is 0.812. The molecule has 0 aromatic rings. The van der Waals surface area contributed by atoms with Crippen molar-refractivity contribution in [2.24, 2.45) is 0 Å². The van der Waals surface area contributed by atoms with Crippen LogP contribution in [-0.2, 0) is 38.2 Å². The number of hydrogen-bond acceptors (Lipinski definition) is 11. The standard InChI is InChI=1S/2C8H17NO2.2C4H4O4.CH4O/c2*1-5-6-11-8(10)7(2)9(3)4;2*5-3(6)1-2-4(7)8;1-2/h2*7H,5-6H2,1-4H3;2*1-2H,(H,5,6)(H,7,8);2H,1H3/b;;2*2-1-;. The normalized spacial score (nSPS) is 11.2. The zero-order valence-electron chi connectivity index (χ0n) is 24.7. The Morgan fingerprint density at radius 2 is 0.775 bits per heavy atom. The average molecular weight is 583 g/mol.